The van der Waals surface area contributed by atoms with Gasteiger partial charge in [-0.2, -0.15) is 5.26 Å². The van der Waals surface area contributed by atoms with E-state index in [0.717, 1.165) is 36.2 Å². The Hall–Kier alpha value is -2.85. The van der Waals surface area contributed by atoms with Crippen LogP contribution in [-0.2, 0) is 21.2 Å². The molecule has 0 unspecified atom stereocenters. The van der Waals surface area contributed by atoms with E-state index in [1.807, 2.05) is 26.0 Å². The average Bonchev–Trinajstić information content (AvgIpc) is 2.87. The number of nitriles is 1. The highest BCUT2D eigenvalue weighted by Gasteiger charge is 2.13. The number of hydrogen-bond donors (Lipinski definition) is 1. The van der Waals surface area contributed by atoms with Gasteiger partial charge in [-0.3, -0.25) is 4.79 Å². The van der Waals surface area contributed by atoms with Crippen LogP contribution in [0.1, 0.15) is 30.3 Å². The summed E-state index contributed by atoms with van der Waals surface area (Å²) in [6.07, 6.45) is 3.69. The molecule has 1 aromatic carbocycles. The van der Waals surface area contributed by atoms with Gasteiger partial charge in [-0.25, -0.2) is 8.42 Å². The van der Waals surface area contributed by atoms with Crippen LogP contribution in [0.2, 0.25) is 0 Å². The molecule has 0 bridgehead atoms. The van der Waals surface area contributed by atoms with Crippen molar-refractivity contribution in [2.75, 3.05) is 11.6 Å². The Kier molecular flexibility index (Phi) is 6.24. The second-order valence-corrected chi connectivity index (χ2v) is 8.41. The average molecular weight is 385 g/mol. The van der Waals surface area contributed by atoms with E-state index in [4.69, 9.17) is 0 Å². The first-order valence-corrected chi connectivity index (χ1v) is 10.5. The summed E-state index contributed by atoms with van der Waals surface area (Å²) in [4.78, 5) is 12.6. The van der Waals surface area contributed by atoms with Crippen molar-refractivity contribution >= 4 is 27.5 Å². The van der Waals surface area contributed by atoms with E-state index in [1.54, 1.807) is 6.08 Å². The number of rotatable bonds is 6. The molecule has 142 valence electrons. The molecule has 27 heavy (non-hydrogen) atoms. The molecule has 0 radical (unpaired) electrons. The summed E-state index contributed by atoms with van der Waals surface area (Å²) in [7, 11) is -3.30. The highest BCUT2D eigenvalue weighted by atomic mass is 32.2. The molecule has 0 atom stereocenters. The lowest BCUT2D eigenvalue weighted by Crippen LogP contribution is -2.13. The third-order valence-corrected chi connectivity index (χ3v) is 5.39. The summed E-state index contributed by atoms with van der Waals surface area (Å²) >= 11 is 0. The molecule has 0 aliphatic heterocycles. The fraction of sp³-hybridized carbons (Fsp3) is 0.300. The summed E-state index contributed by atoms with van der Waals surface area (Å²) < 4.78 is 25.1. The lowest BCUT2D eigenvalue weighted by molar-refractivity contribution is -0.112. The lowest BCUT2D eigenvalue weighted by Gasteiger charge is -2.07. The van der Waals surface area contributed by atoms with Gasteiger partial charge < -0.3 is 9.88 Å². The minimum atomic E-state index is -3.30. The van der Waals surface area contributed by atoms with Gasteiger partial charge in [0.25, 0.3) is 5.91 Å². The Labute approximate surface area is 160 Å². The van der Waals surface area contributed by atoms with Crippen molar-refractivity contribution in [3.05, 3.63) is 52.9 Å². The van der Waals surface area contributed by atoms with Crippen LogP contribution in [-0.4, -0.2) is 25.1 Å². The van der Waals surface area contributed by atoms with Crippen LogP contribution in [0.4, 0.5) is 5.69 Å². The minimum absolute atomic E-state index is 0.0149. The van der Waals surface area contributed by atoms with Gasteiger partial charge in [0.1, 0.15) is 11.6 Å². The Morgan fingerprint density at radius 1 is 1.26 bits per heavy atom. The number of benzene rings is 1. The van der Waals surface area contributed by atoms with E-state index in [1.165, 1.54) is 24.3 Å². The van der Waals surface area contributed by atoms with Crippen LogP contribution < -0.4 is 5.32 Å². The SMILES string of the molecule is CCCn1c(C)cc(/C=C(/C#N)C(=O)Nc2ccc(S(C)(=O)=O)cc2)c1C. The monoisotopic (exact) mass is 385 g/mol. The molecule has 6 nitrogen and oxygen atoms in total. The molecule has 1 aromatic heterocycles. The van der Waals surface area contributed by atoms with Gasteiger partial charge in [0.15, 0.2) is 9.84 Å². The number of nitrogens with one attached hydrogen (secondary N) is 1. The van der Waals surface area contributed by atoms with Gasteiger partial charge in [-0.05, 0) is 62.2 Å². The molecule has 0 aliphatic rings. The number of hydrogen-bond acceptors (Lipinski definition) is 4. The smallest absolute Gasteiger partial charge is 0.266 e. The molecule has 0 fully saturated rings. The van der Waals surface area contributed by atoms with Crippen molar-refractivity contribution in [1.29, 1.82) is 5.26 Å². The molecule has 0 saturated carbocycles. The lowest BCUT2D eigenvalue weighted by atomic mass is 10.1. The van der Waals surface area contributed by atoms with Crippen molar-refractivity contribution in [2.24, 2.45) is 0 Å². The zero-order chi connectivity index (χ0) is 20.2. The zero-order valence-electron chi connectivity index (χ0n) is 15.9. The predicted molar refractivity (Wildman–Crippen MR) is 106 cm³/mol. The van der Waals surface area contributed by atoms with Gasteiger partial charge in [0.05, 0.1) is 4.90 Å². The fourth-order valence-electron chi connectivity index (χ4n) is 2.83. The number of sulfone groups is 1. The first-order valence-electron chi connectivity index (χ1n) is 8.57. The Bertz CT molecular complexity index is 1020. The number of anilines is 1. The molecule has 0 spiro atoms. The molecule has 0 saturated heterocycles. The Morgan fingerprint density at radius 3 is 2.41 bits per heavy atom. The van der Waals surface area contributed by atoms with Gasteiger partial charge in [-0.15, -0.1) is 0 Å². The van der Waals surface area contributed by atoms with E-state index in [0.29, 0.717) is 5.69 Å². The maximum absolute atomic E-state index is 12.4. The van der Waals surface area contributed by atoms with Crippen LogP contribution in [0.15, 0.2) is 40.8 Å². The van der Waals surface area contributed by atoms with Crippen molar-refractivity contribution in [3.63, 3.8) is 0 Å². The van der Waals surface area contributed by atoms with Crippen molar-refractivity contribution in [2.45, 2.75) is 38.6 Å². The molecule has 1 N–H and O–H groups in total. The molecule has 2 rings (SSSR count). The third-order valence-electron chi connectivity index (χ3n) is 4.27. The highest BCUT2D eigenvalue weighted by molar-refractivity contribution is 7.90. The van der Waals surface area contributed by atoms with Crippen LogP contribution in [0.3, 0.4) is 0 Å². The first-order chi connectivity index (χ1) is 12.7. The second kappa shape index (κ2) is 8.23. The Balaban J connectivity index is 2.25. The van der Waals surface area contributed by atoms with Crippen LogP contribution in [0, 0.1) is 25.2 Å². The summed E-state index contributed by atoms with van der Waals surface area (Å²) in [6, 6.07) is 9.72. The van der Waals surface area contributed by atoms with Crippen molar-refractivity contribution < 1.29 is 13.2 Å². The van der Waals surface area contributed by atoms with Gasteiger partial charge in [0, 0.05) is 29.9 Å². The largest absolute Gasteiger partial charge is 0.349 e. The number of nitrogens with zero attached hydrogens (tertiary/aromatic N) is 2. The summed E-state index contributed by atoms with van der Waals surface area (Å²) in [5.41, 5.74) is 3.33. The standard InChI is InChI=1S/C20H23N3O3S/c1-5-10-23-14(2)11-16(15(23)3)12-17(13-21)20(24)22-18-6-8-19(9-7-18)27(4,25)26/h6-9,11-12H,5,10H2,1-4H3,(H,22,24)/b17-12-. The van der Waals surface area contributed by atoms with Crippen molar-refractivity contribution in [1.82, 2.24) is 4.57 Å². The molecule has 7 heteroatoms. The summed E-state index contributed by atoms with van der Waals surface area (Å²) in [5.74, 6) is -0.537. The van der Waals surface area contributed by atoms with Gasteiger partial charge in [-0.1, -0.05) is 6.92 Å². The van der Waals surface area contributed by atoms with E-state index in [9.17, 15) is 18.5 Å². The van der Waals surface area contributed by atoms with Gasteiger partial charge in [0.2, 0.25) is 0 Å². The minimum Gasteiger partial charge on any atom is -0.349 e. The third kappa shape index (κ3) is 4.86. The quantitative estimate of drug-likeness (QED) is 0.609. The zero-order valence-corrected chi connectivity index (χ0v) is 16.7. The second-order valence-electron chi connectivity index (χ2n) is 6.40. The summed E-state index contributed by atoms with van der Waals surface area (Å²) in [6.45, 7) is 6.94. The number of carbonyl (C=O) groups excluding carboxylic acids is 1. The molecule has 1 amide bonds. The van der Waals surface area contributed by atoms with Crippen LogP contribution in [0.25, 0.3) is 6.08 Å². The number of aromatic nitrogens is 1. The maximum Gasteiger partial charge on any atom is 0.266 e. The molecular weight excluding hydrogens is 362 g/mol. The van der Waals surface area contributed by atoms with Crippen LogP contribution >= 0.6 is 0 Å². The van der Waals surface area contributed by atoms with Crippen molar-refractivity contribution in [3.8, 4) is 6.07 Å². The molecule has 2 aromatic rings. The molecule has 1 heterocycles. The number of carbonyl (C=O) groups is 1. The highest BCUT2D eigenvalue weighted by Crippen LogP contribution is 2.20. The van der Waals surface area contributed by atoms with Crippen LogP contribution in [0.5, 0.6) is 0 Å². The number of aryl methyl sites for hydroxylation is 1. The normalized spacial score (nSPS) is 11.9. The van der Waals surface area contributed by atoms with E-state index in [2.05, 4.69) is 16.8 Å². The fourth-order valence-corrected chi connectivity index (χ4v) is 3.46. The number of amides is 1. The predicted octanol–water partition coefficient (Wildman–Crippen LogP) is 3.46. The van der Waals surface area contributed by atoms with E-state index >= 15 is 0 Å². The van der Waals surface area contributed by atoms with E-state index in [-0.39, 0.29) is 10.5 Å². The topological polar surface area (TPSA) is 92.0 Å². The Morgan fingerprint density at radius 2 is 1.89 bits per heavy atom. The van der Waals surface area contributed by atoms with Gasteiger partial charge >= 0.3 is 0 Å². The van der Waals surface area contributed by atoms with E-state index < -0.39 is 15.7 Å². The molecular formula is C20H23N3O3S. The maximum atomic E-state index is 12.4. The molecule has 0 aliphatic carbocycles. The first kappa shape index (κ1) is 20.5. The summed E-state index contributed by atoms with van der Waals surface area (Å²) in [5, 5.41) is 12.0.